The van der Waals surface area contributed by atoms with Crippen LogP contribution in [0.1, 0.15) is 11.1 Å². The highest BCUT2D eigenvalue weighted by Gasteiger charge is 2.07. The molecule has 0 atom stereocenters. The molecule has 17 heavy (non-hydrogen) atoms. The molecule has 2 amide bonds. The quantitative estimate of drug-likeness (QED) is 0.265. The number of nitrogens with one attached hydrogen (secondary N) is 2. The van der Waals surface area contributed by atoms with Crippen LogP contribution in [0, 0.1) is 5.82 Å². The fraction of sp³-hybridized carbons (Fsp3) is 0.200. The van der Waals surface area contributed by atoms with Gasteiger partial charge in [0, 0.05) is 24.7 Å². The Hall–Kier alpha value is -2.31. The third-order valence-corrected chi connectivity index (χ3v) is 2.12. The Kier molecular flexibility index (Phi) is 4.27. The van der Waals surface area contributed by atoms with Gasteiger partial charge in [-0.2, -0.15) is 0 Å². The molecule has 0 aliphatic heterocycles. The fourth-order valence-corrected chi connectivity index (χ4v) is 1.17. The van der Waals surface area contributed by atoms with Crippen molar-refractivity contribution in [1.82, 2.24) is 10.6 Å². The van der Waals surface area contributed by atoms with Crippen molar-refractivity contribution >= 4 is 11.9 Å². The van der Waals surface area contributed by atoms with Crippen molar-refractivity contribution in [2.75, 3.05) is 7.05 Å². The lowest BCUT2D eigenvalue weighted by Crippen LogP contribution is -2.32. The number of hydrogen-bond acceptors (Lipinski definition) is 3. The topological polar surface area (TPSA) is 99.7 Å². The molecule has 0 saturated carbocycles. The van der Waals surface area contributed by atoms with Crippen LogP contribution in [0.3, 0.4) is 0 Å². The maximum Gasteiger partial charge on any atom is 0.314 e. The lowest BCUT2D eigenvalue weighted by molar-refractivity contribution is 0.242. The number of amides is 2. The standard InChI is InChI=1S/C10H13FN4O2/c1-13-10(16)14-5-7-3-2-6(4-8(7)11)9(12)15-17/h2-4,17H,5H2,1H3,(H2,12,15)(H2,13,14,16). The maximum atomic E-state index is 13.5. The number of carbonyl (C=O) groups is 1. The highest BCUT2D eigenvalue weighted by atomic mass is 19.1. The van der Waals surface area contributed by atoms with Crippen LogP contribution < -0.4 is 16.4 Å². The number of amidine groups is 1. The van der Waals surface area contributed by atoms with E-state index in [2.05, 4.69) is 15.8 Å². The first-order valence-corrected chi connectivity index (χ1v) is 4.80. The molecule has 0 fully saturated rings. The third kappa shape index (κ3) is 3.33. The molecule has 1 aromatic carbocycles. The van der Waals surface area contributed by atoms with Gasteiger partial charge in [-0.25, -0.2) is 9.18 Å². The molecule has 6 nitrogen and oxygen atoms in total. The lowest BCUT2D eigenvalue weighted by atomic mass is 10.1. The van der Waals surface area contributed by atoms with Gasteiger partial charge in [0.1, 0.15) is 5.82 Å². The van der Waals surface area contributed by atoms with E-state index >= 15 is 0 Å². The van der Waals surface area contributed by atoms with Gasteiger partial charge in [-0.3, -0.25) is 0 Å². The summed E-state index contributed by atoms with van der Waals surface area (Å²) in [6.45, 7) is 0.0575. The van der Waals surface area contributed by atoms with Gasteiger partial charge in [0.25, 0.3) is 0 Å². The van der Waals surface area contributed by atoms with E-state index in [-0.39, 0.29) is 17.9 Å². The van der Waals surface area contributed by atoms with Crippen molar-refractivity contribution in [2.45, 2.75) is 6.54 Å². The first-order chi connectivity index (χ1) is 8.08. The number of nitrogens with zero attached hydrogens (tertiary/aromatic N) is 1. The smallest absolute Gasteiger partial charge is 0.314 e. The zero-order chi connectivity index (χ0) is 12.8. The molecular formula is C10H13FN4O2. The third-order valence-electron chi connectivity index (χ3n) is 2.12. The number of oxime groups is 1. The first kappa shape index (κ1) is 12.8. The molecule has 0 unspecified atom stereocenters. The average Bonchev–Trinajstić information content (AvgIpc) is 2.35. The minimum Gasteiger partial charge on any atom is -0.409 e. The van der Waals surface area contributed by atoms with Gasteiger partial charge in [0.05, 0.1) is 0 Å². The highest BCUT2D eigenvalue weighted by Crippen LogP contribution is 2.10. The number of nitrogens with two attached hydrogens (primary N) is 1. The Morgan fingerprint density at radius 2 is 2.29 bits per heavy atom. The largest absolute Gasteiger partial charge is 0.409 e. The van der Waals surface area contributed by atoms with Crippen molar-refractivity contribution in [3.63, 3.8) is 0 Å². The van der Waals surface area contributed by atoms with Gasteiger partial charge in [-0.15, -0.1) is 0 Å². The second-order valence-corrected chi connectivity index (χ2v) is 3.22. The van der Waals surface area contributed by atoms with Gasteiger partial charge in [-0.05, 0) is 6.07 Å². The SMILES string of the molecule is CNC(=O)NCc1ccc(/C(N)=N/O)cc1F. The summed E-state index contributed by atoms with van der Waals surface area (Å²) < 4.78 is 13.5. The van der Waals surface area contributed by atoms with Crippen LogP contribution in [0.4, 0.5) is 9.18 Å². The van der Waals surface area contributed by atoms with E-state index < -0.39 is 11.8 Å². The van der Waals surface area contributed by atoms with Crippen LogP contribution in [0.2, 0.25) is 0 Å². The average molecular weight is 240 g/mol. The molecule has 5 N–H and O–H groups in total. The number of halogens is 1. The summed E-state index contributed by atoms with van der Waals surface area (Å²) >= 11 is 0. The molecule has 0 bridgehead atoms. The molecule has 92 valence electrons. The molecule has 0 spiro atoms. The van der Waals surface area contributed by atoms with Gasteiger partial charge in [0.15, 0.2) is 5.84 Å². The minimum atomic E-state index is -0.537. The van der Waals surface area contributed by atoms with Gasteiger partial charge < -0.3 is 21.6 Å². The van der Waals surface area contributed by atoms with Gasteiger partial charge in [0.2, 0.25) is 0 Å². The van der Waals surface area contributed by atoms with Crippen LogP contribution in [-0.2, 0) is 6.54 Å². The second-order valence-electron chi connectivity index (χ2n) is 3.22. The van der Waals surface area contributed by atoms with E-state index in [0.29, 0.717) is 5.56 Å². The summed E-state index contributed by atoms with van der Waals surface area (Å²) in [7, 11) is 1.47. The number of rotatable bonds is 3. The molecule has 0 heterocycles. The summed E-state index contributed by atoms with van der Waals surface area (Å²) in [5.41, 5.74) is 5.89. The Balaban J connectivity index is 2.80. The summed E-state index contributed by atoms with van der Waals surface area (Å²) in [4.78, 5) is 10.9. The lowest BCUT2D eigenvalue weighted by Gasteiger charge is -2.07. The van der Waals surface area contributed by atoms with E-state index in [1.807, 2.05) is 0 Å². The Bertz CT molecular complexity index is 448. The number of urea groups is 1. The maximum absolute atomic E-state index is 13.5. The molecule has 0 saturated heterocycles. The monoisotopic (exact) mass is 240 g/mol. The summed E-state index contributed by atoms with van der Waals surface area (Å²) in [5, 5.41) is 16.0. The van der Waals surface area contributed by atoms with Crippen LogP contribution in [0.25, 0.3) is 0 Å². The molecule has 0 aromatic heterocycles. The van der Waals surface area contributed by atoms with E-state index in [9.17, 15) is 9.18 Å². The van der Waals surface area contributed by atoms with Crippen LogP contribution in [0.15, 0.2) is 23.4 Å². The van der Waals surface area contributed by atoms with Crippen molar-refractivity contribution in [1.29, 1.82) is 0 Å². The highest BCUT2D eigenvalue weighted by molar-refractivity contribution is 5.97. The number of hydrogen-bond donors (Lipinski definition) is 4. The summed E-state index contributed by atoms with van der Waals surface area (Å²) in [6.07, 6.45) is 0. The summed E-state index contributed by atoms with van der Waals surface area (Å²) in [6, 6.07) is 3.69. The van der Waals surface area contributed by atoms with Crippen molar-refractivity contribution < 1.29 is 14.4 Å². The normalized spacial score (nSPS) is 11.1. The zero-order valence-electron chi connectivity index (χ0n) is 9.20. The molecule has 7 heteroatoms. The Morgan fingerprint density at radius 3 is 2.82 bits per heavy atom. The van der Waals surface area contributed by atoms with Crippen molar-refractivity contribution in [3.8, 4) is 0 Å². The van der Waals surface area contributed by atoms with Crippen molar-refractivity contribution in [3.05, 3.63) is 35.1 Å². The number of benzene rings is 1. The molecular weight excluding hydrogens is 227 g/mol. The molecule has 1 aromatic rings. The van der Waals surface area contributed by atoms with E-state index in [0.717, 1.165) is 6.07 Å². The fourth-order valence-electron chi connectivity index (χ4n) is 1.17. The summed E-state index contributed by atoms with van der Waals surface area (Å²) in [5.74, 6) is -0.708. The molecule has 0 aliphatic rings. The zero-order valence-corrected chi connectivity index (χ0v) is 9.20. The predicted octanol–water partition coefficient (Wildman–Crippen LogP) is 0.349. The van der Waals surface area contributed by atoms with Crippen LogP contribution in [0.5, 0.6) is 0 Å². The molecule has 0 radical (unpaired) electrons. The second kappa shape index (κ2) is 5.69. The Labute approximate surface area is 97.3 Å². The van der Waals surface area contributed by atoms with E-state index in [1.165, 1.54) is 19.2 Å². The van der Waals surface area contributed by atoms with Gasteiger partial charge in [-0.1, -0.05) is 17.3 Å². The minimum absolute atomic E-state index is 0.0575. The van der Waals surface area contributed by atoms with Crippen LogP contribution in [-0.4, -0.2) is 24.1 Å². The Morgan fingerprint density at radius 1 is 1.59 bits per heavy atom. The van der Waals surface area contributed by atoms with Crippen LogP contribution >= 0.6 is 0 Å². The predicted molar refractivity (Wildman–Crippen MR) is 60.2 cm³/mol. The van der Waals surface area contributed by atoms with Crippen molar-refractivity contribution in [2.24, 2.45) is 10.9 Å². The first-order valence-electron chi connectivity index (χ1n) is 4.80. The van der Waals surface area contributed by atoms with E-state index in [1.54, 1.807) is 0 Å². The molecule has 0 aliphatic carbocycles. The molecule has 1 rings (SSSR count). The number of carbonyl (C=O) groups excluding carboxylic acids is 1. The van der Waals surface area contributed by atoms with E-state index in [4.69, 9.17) is 10.9 Å². The van der Waals surface area contributed by atoms with Gasteiger partial charge >= 0.3 is 6.03 Å².